The summed E-state index contributed by atoms with van der Waals surface area (Å²) in [5, 5.41) is 16.5. The molecule has 6 heteroatoms. The molecule has 0 radical (unpaired) electrons. The first-order valence-electron chi connectivity index (χ1n) is 6.92. The number of rotatable bonds is 4. The summed E-state index contributed by atoms with van der Waals surface area (Å²) in [4.78, 5) is 17.0. The van der Waals surface area contributed by atoms with Crippen LogP contribution >= 0.6 is 11.3 Å². The van der Waals surface area contributed by atoms with E-state index in [2.05, 4.69) is 15.6 Å². The molecule has 0 bridgehead atoms. The van der Waals surface area contributed by atoms with Gasteiger partial charge in [0.2, 0.25) is 0 Å². The van der Waals surface area contributed by atoms with E-state index in [-0.39, 0.29) is 17.9 Å². The lowest BCUT2D eigenvalue weighted by molar-refractivity contribution is 0.0931. The van der Waals surface area contributed by atoms with Crippen molar-refractivity contribution in [3.8, 4) is 10.6 Å². The van der Waals surface area contributed by atoms with E-state index >= 15 is 0 Å². The molecule has 0 saturated carbocycles. The smallest absolute Gasteiger partial charge is 0.263 e. The van der Waals surface area contributed by atoms with E-state index in [4.69, 9.17) is 0 Å². The second kappa shape index (κ2) is 6.34. The molecule has 2 heterocycles. The molecule has 1 saturated heterocycles. The van der Waals surface area contributed by atoms with Crippen molar-refractivity contribution in [2.24, 2.45) is 5.92 Å². The van der Waals surface area contributed by atoms with E-state index < -0.39 is 0 Å². The van der Waals surface area contributed by atoms with Gasteiger partial charge in [-0.1, -0.05) is 30.3 Å². The van der Waals surface area contributed by atoms with Gasteiger partial charge in [0.1, 0.15) is 9.88 Å². The highest BCUT2D eigenvalue weighted by atomic mass is 32.1. The van der Waals surface area contributed by atoms with Crippen LogP contribution in [0.1, 0.15) is 9.67 Å². The average molecular weight is 303 g/mol. The maximum Gasteiger partial charge on any atom is 0.263 e. The van der Waals surface area contributed by atoms with Gasteiger partial charge >= 0.3 is 0 Å². The van der Waals surface area contributed by atoms with Crippen LogP contribution in [0, 0.1) is 5.92 Å². The Morgan fingerprint density at radius 1 is 1.38 bits per heavy atom. The van der Waals surface area contributed by atoms with E-state index in [1.807, 2.05) is 30.3 Å². The zero-order valence-corrected chi connectivity index (χ0v) is 12.3. The number of aliphatic hydroxyl groups excluding tert-OH is 1. The Morgan fingerprint density at radius 3 is 2.90 bits per heavy atom. The third-order valence-corrected chi connectivity index (χ3v) is 4.62. The normalized spacial score (nSPS) is 21.4. The molecule has 5 nitrogen and oxygen atoms in total. The minimum absolute atomic E-state index is 0.0791. The van der Waals surface area contributed by atoms with Gasteiger partial charge < -0.3 is 15.7 Å². The van der Waals surface area contributed by atoms with Gasteiger partial charge in [-0.25, -0.2) is 4.98 Å². The minimum atomic E-state index is -0.383. The number of benzene rings is 1. The predicted octanol–water partition coefficient (Wildman–Crippen LogP) is 1.12. The van der Waals surface area contributed by atoms with Crippen LogP contribution in [-0.4, -0.2) is 41.7 Å². The van der Waals surface area contributed by atoms with Crippen molar-refractivity contribution in [3.63, 3.8) is 0 Å². The molecule has 1 amide bonds. The maximum absolute atomic E-state index is 12.1. The molecule has 2 aromatic rings. The highest BCUT2D eigenvalue weighted by Gasteiger charge is 2.25. The van der Waals surface area contributed by atoms with E-state index in [0.717, 1.165) is 17.1 Å². The first-order valence-corrected chi connectivity index (χ1v) is 7.74. The zero-order valence-electron chi connectivity index (χ0n) is 11.5. The van der Waals surface area contributed by atoms with Crippen molar-refractivity contribution in [1.29, 1.82) is 0 Å². The largest absolute Gasteiger partial charge is 0.391 e. The average Bonchev–Trinajstić information content (AvgIpc) is 3.15. The van der Waals surface area contributed by atoms with Crippen LogP contribution in [0.15, 0.2) is 36.5 Å². The number of β-amino-alcohol motifs (C(OH)–C–C–N with tert-alkyl or cyclic N) is 1. The van der Waals surface area contributed by atoms with Gasteiger partial charge in [0, 0.05) is 31.1 Å². The Hall–Kier alpha value is -1.76. The first kappa shape index (κ1) is 14.2. The van der Waals surface area contributed by atoms with Gasteiger partial charge in [0.05, 0.1) is 12.3 Å². The van der Waals surface area contributed by atoms with Crippen LogP contribution in [0.2, 0.25) is 0 Å². The topological polar surface area (TPSA) is 74.2 Å². The van der Waals surface area contributed by atoms with Crippen LogP contribution in [0.3, 0.4) is 0 Å². The van der Waals surface area contributed by atoms with Crippen molar-refractivity contribution in [2.75, 3.05) is 19.6 Å². The third kappa shape index (κ3) is 3.29. The molecular formula is C15H17N3O2S. The fourth-order valence-electron chi connectivity index (χ4n) is 2.33. The summed E-state index contributed by atoms with van der Waals surface area (Å²) in [5.74, 6) is -0.0516. The number of nitrogens with zero attached hydrogens (tertiary/aromatic N) is 1. The SMILES string of the molecule is O=C(NCC1CNCC1O)c1cnc(-c2ccccc2)s1. The molecule has 3 rings (SSSR count). The molecule has 1 aromatic carbocycles. The zero-order chi connectivity index (χ0) is 14.7. The molecule has 1 fully saturated rings. The van der Waals surface area contributed by atoms with Crippen LogP contribution in [0.25, 0.3) is 10.6 Å². The molecular weight excluding hydrogens is 286 g/mol. The molecule has 2 unspecified atom stereocenters. The van der Waals surface area contributed by atoms with Crippen molar-refractivity contribution in [3.05, 3.63) is 41.4 Å². The van der Waals surface area contributed by atoms with Crippen LogP contribution in [0.4, 0.5) is 0 Å². The summed E-state index contributed by atoms with van der Waals surface area (Å²) in [7, 11) is 0. The molecule has 0 spiro atoms. The van der Waals surface area contributed by atoms with Crippen LogP contribution in [0.5, 0.6) is 0 Å². The molecule has 3 N–H and O–H groups in total. The second-order valence-corrected chi connectivity index (χ2v) is 6.12. The second-order valence-electron chi connectivity index (χ2n) is 5.09. The van der Waals surface area contributed by atoms with Gasteiger partial charge in [-0.3, -0.25) is 4.79 Å². The monoisotopic (exact) mass is 303 g/mol. The lowest BCUT2D eigenvalue weighted by atomic mass is 10.1. The third-order valence-electron chi connectivity index (χ3n) is 3.58. The number of thiazole rings is 1. The summed E-state index contributed by atoms with van der Waals surface area (Å²) >= 11 is 1.38. The Morgan fingerprint density at radius 2 is 2.19 bits per heavy atom. The fraction of sp³-hybridized carbons (Fsp3) is 0.333. The Labute approximate surface area is 127 Å². The standard InChI is InChI=1S/C15H17N3O2S/c19-12-8-16-6-11(12)7-17-14(20)13-9-18-15(21-13)10-4-2-1-3-5-10/h1-5,9,11-12,16,19H,6-8H2,(H,17,20). The number of hydrogen-bond acceptors (Lipinski definition) is 5. The number of amides is 1. The van der Waals surface area contributed by atoms with E-state index in [1.54, 1.807) is 6.20 Å². The van der Waals surface area contributed by atoms with Gasteiger partial charge in [0.15, 0.2) is 0 Å². The summed E-state index contributed by atoms with van der Waals surface area (Å²) in [6.07, 6.45) is 1.22. The number of aliphatic hydroxyl groups is 1. The van der Waals surface area contributed by atoms with Crippen molar-refractivity contribution >= 4 is 17.2 Å². The fourth-order valence-corrected chi connectivity index (χ4v) is 3.17. The van der Waals surface area contributed by atoms with Crippen molar-refractivity contribution < 1.29 is 9.90 Å². The number of aromatic nitrogens is 1. The number of hydrogen-bond donors (Lipinski definition) is 3. The van der Waals surface area contributed by atoms with E-state index in [9.17, 15) is 9.90 Å². The summed E-state index contributed by atoms with van der Waals surface area (Å²) < 4.78 is 0. The Kier molecular flexibility index (Phi) is 4.28. The minimum Gasteiger partial charge on any atom is -0.391 e. The van der Waals surface area contributed by atoms with Gasteiger partial charge in [-0.15, -0.1) is 11.3 Å². The molecule has 1 aromatic heterocycles. The molecule has 0 aliphatic carbocycles. The Balaban J connectivity index is 1.62. The summed E-state index contributed by atoms with van der Waals surface area (Å²) in [5.41, 5.74) is 1.01. The van der Waals surface area contributed by atoms with Gasteiger partial charge in [-0.2, -0.15) is 0 Å². The lowest BCUT2D eigenvalue weighted by Crippen LogP contribution is -2.34. The maximum atomic E-state index is 12.1. The van der Waals surface area contributed by atoms with Crippen molar-refractivity contribution in [2.45, 2.75) is 6.10 Å². The van der Waals surface area contributed by atoms with Crippen LogP contribution in [-0.2, 0) is 0 Å². The highest BCUT2D eigenvalue weighted by Crippen LogP contribution is 2.24. The number of carbonyl (C=O) groups excluding carboxylic acids is 1. The summed E-state index contributed by atoms with van der Waals surface area (Å²) in [6, 6.07) is 9.80. The molecule has 1 aliphatic rings. The molecule has 2 atom stereocenters. The van der Waals surface area contributed by atoms with E-state index in [0.29, 0.717) is 18.0 Å². The predicted molar refractivity (Wildman–Crippen MR) is 82.2 cm³/mol. The van der Waals surface area contributed by atoms with E-state index in [1.165, 1.54) is 11.3 Å². The lowest BCUT2D eigenvalue weighted by Gasteiger charge is -2.13. The summed E-state index contributed by atoms with van der Waals surface area (Å²) in [6.45, 7) is 1.81. The number of carbonyl (C=O) groups is 1. The van der Waals surface area contributed by atoms with Crippen LogP contribution < -0.4 is 10.6 Å². The molecule has 21 heavy (non-hydrogen) atoms. The molecule has 110 valence electrons. The highest BCUT2D eigenvalue weighted by molar-refractivity contribution is 7.16. The van der Waals surface area contributed by atoms with Gasteiger partial charge in [-0.05, 0) is 0 Å². The van der Waals surface area contributed by atoms with Crippen molar-refractivity contribution in [1.82, 2.24) is 15.6 Å². The first-order chi connectivity index (χ1) is 10.2. The van der Waals surface area contributed by atoms with Gasteiger partial charge in [0.25, 0.3) is 5.91 Å². The quantitative estimate of drug-likeness (QED) is 0.791. The molecule has 1 aliphatic heterocycles. The number of nitrogens with one attached hydrogen (secondary N) is 2. The Bertz CT molecular complexity index is 614.